The predicted molar refractivity (Wildman–Crippen MR) is 111 cm³/mol. The number of amides is 2. The van der Waals surface area contributed by atoms with E-state index in [0.717, 1.165) is 25.7 Å². The summed E-state index contributed by atoms with van der Waals surface area (Å²) >= 11 is 5.84. The van der Waals surface area contributed by atoms with Gasteiger partial charge in [-0.3, -0.25) is 9.59 Å². The molecule has 29 heavy (non-hydrogen) atoms. The molecule has 3 rings (SSSR count). The first kappa shape index (κ1) is 20.9. The molecule has 0 aliphatic heterocycles. The molecule has 0 bridgehead atoms. The highest BCUT2D eigenvalue weighted by Crippen LogP contribution is 2.19. The molecule has 0 saturated heterocycles. The molecule has 0 spiro atoms. The second-order valence-electron chi connectivity index (χ2n) is 6.99. The first-order valence-electron chi connectivity index (χ1n) is 9.65. The summed E-state index contributed by atoms with van der Waals surface area (Å²) in [4.78, 5) is 36.9. The maximum atomic E-state index is 12.5. The minimum absolute atomic E-state index is 0.154. The number of halogens is 1. The van der Waals surface area contributed by atoms with Crippen molar-refractivity contribution < 1.29 is 19.1 Å². The van der Waals surface area contributed by atoms with Crippen molar-refractivity contribution in [2.24, 2.45) is 0 Å². The lowest BCUT2D eigenvalue weighted by Crippen LogP contribution is -2.38. The average Bonchev–Trinajstić information content (AvgIpc) is 2.73. The maximum absolute atomic E-state index is 12.5. The van der Waals surface area contributed by atoms with Crippen LogP contribution in [0.3, 0.4) is 0 Å². The van der Waals surface area contributed by atoms with Gasteiger partial charge in [-0.15, -0.1) is 0 Å². The number of anilines is 1. The molecule has 1 aliphatic carbocycles. The number of ether oxygens (including phenoxy) is 1. The highest BCUT2D eigenvalue weighted by Gasteiger charge is 2.19. The number of hydrogen-bond donors (Lipinski definition) is 2. The van der Waals surface area contributed by atoms with Gasteiger partial charge >= 0.3 is 5.97 Å². The van der Waals surface area contributed by atoms with E-state index in [4.69, 9.17) is 16.3 Å². The summed E-state index contributed by atoms with van der Waals surface area (Å²) in [5.74, 6) is -1.36. The minimum Gasteiger partial charge on any atom is -0.452 e. The van der Waals surface area contributed by atoms with E-state index < -0.39 is 5.97 Å². The quantitative estimate of drug-likeness (QED) is 0.694. The van der Waals surface area contributed by atoms with E-state index in [1.54, 1.807) is 48.5 Å². The van der Waals surface area contributed by atoms with Gasteiger partial charge in [0.05, 0.1) is 11.3 Å². The van der Waals surface area contributed by atoms with Crippen LogP contribution < -0.4 is 10.6 Å². The van der Waals surface area contributed by atoms with Crippen LogP contribution in [0.2, 0.25) is 5.02 Å². The highest BCUT2D eigenvalue weighted by atomic mass is 35.5. The third-order valence-corrected chi connectivity index (χ3v) is 5.06. The van der Waals surface area contributed by atoms with Gasteiger partial charge < -0.3 is 15.4 Å². The summed E-state index contributed by atoms with van der Waals surface area (Å²) in [6, 6.07) is 13.1. The zero-order valence-electron chi connectivity index (χ0n) is 15.9. The number of carbonyl (C=O) groups excluding carboxylic acids is 3. The van der Waals surface area contributed by atoms with Gasteiger partial charge in [0.15, 0.2) is 6.61 Å². The van der Waals surface area contributed by atoms with E-state index in [2.05, 4.69) is 10.6 Å². The van der Waals surface area contributed by atoms with Crippen LogP contribution in [0.15, 0.2) is 48.5 Å². The Morgan fingerprint density at radius 3 is 2.38 bits per heavy atom. The van der Waals surface area contributed by atoms with Gasteiger partial charge in [-0.05, 0) is 49.2 Å². The third-order valence-electron chi connectivity index (χ3n) is 4.81. The number of nitrogens with one attached hydrogen (secondary N) is 2. The molecule has 0 heterocycles. The largest absolute Gasteiger partial charge is 0.452 e. The first-order valence-corrected chi connectivity index (χ1v) is 10.0. The van der Waals surface area contributed by atoms with Crippen LogP contribution >= 0.6 is 11.6 Å². The monoisotopic (exact) mass is 414 g/mol. The van der Waals surface area contributed by atoms with Crippen molar-refractivity contribution >= 4 is 35.1 Å². The summed E-state index contributed by atoms with van der Waals surface area (Å²) in [6.07, 6.45) is 5.31. The van der Waals surface area contributed by atoms with Crippen LogP contribution in [0.1, 0.15) is 52.8 Å². The van der Waals surface area contributed by atoms with E-state index in [0.29, 0.717) is 16.3 Å². The fraction of sp³-hybridized carbons (Fsp3) is 0.318. The summed E-state index contributed by atoms with van der Waals surface area (Å²) < 4.78 is 5.16. The molecular weight excluding hydrogens is 392 g/mol. The van der Waals surface area contributed by atoms with Gasteiger partial charge in [0.1, 0.15) is 0 Å². The minimum atomic E-state index is -0.671. The van der Waals surface area contributed by atoms with E-state index in [-0.39, 0.29) is 30.0 Å². The second kappa shape index (κ2) is 10.1. The fourth-order valence-electron chi connectivity index (χ4n) is 3.29. The third kappa shape index (κ3) is 6.06. The molecule has 1 saturated carbocycles. The average molecular weight is 415 g/mol. The van der Waals surface area contributed by atoms with Gasteiger partial charge in [-0.1, -0.05) is 43.0 Å². The van der Waals surface area contributed by atoms with Crippen LogP contribution in [-0.2, 0) is 9.53 Å². The molecular formula is C22H23ClN2O4. The lowest BCUT2D eigenvalue weighted by Gasteiger charge is -2.22. The maximum Gasteiger partial charge on any atom is 0.340 e. The van der Waals surface area contributed by atoms with Crippen molar-refractivity contribution in [1.29, 1.82) is 0 Å². The number of carbonyl (C=O) groups is 3. The molecule has 1 aliphatic rings. The van der Waals surface area contributed by atoms with E-state index in [9.17, 15) is 14.4 Å². The Hall–Kier alpha value is -2.86. The van der Waals surface area contributed by atoms with Crippen molar-refractivity contribution in [3.8, 4) is 0 Å². The van der Waals surface area contributed by atoms with Gasteiger partial charge in [0, 0.05) is 16.6 Å². The summed E-state index contributed by atoms with van der Waals surface area (Å²) in [7, 11) is 0. The lowest BCUT2D eigenvalue weighted by molar-refractivity contribution is -0.125. The van der Waals surface area contributed by atoms with Gasteiger partial charge in [0.2, 0.25) is 0 Å². The van der Waals surface area contributed by atoms with Crippen LogP contribution in [0.5, 0.6) is 0 Å². The summed E-state index contributed by atoms with van der Waals surface area (Å²) in [5.41, 5.74) is 0.898. The summed E-state index contributed by atoms with van der Waals surface area (Å²) in [5, 5.41) is 6.12. The van der Waals surface area contributed by atoms with E-state index in [1.807, 2.05) is 0 Å². The Kier molecular flexibility index (Phi) is 7.25. The molecule has 2 aromatic rings. The van der Waals surface area contributed by atoms with Crippen LogP contribution in [0, 0.1) is 0 Å². The van der Waals surface area contributed by atoms with Crippen LogP contribution in [0.25, 0.3) is 0 Å². The van der Waals surface area contributed by atoms with Crippen molar-refractivity contribution in [1.82, 2.24) is 5.32 Å². The zero-order chi connectivity index (χ0) is 20.6. The standard InChI is InChI=1S/C22H23ClN2O4/c23-16-12-10-15(11-13-16)21(27)25-19-9-5-4-8-18(19)22(28)29-14-20(26)24-17-6-2-1-3-7-17/h4-5,8-13,17H,1-3,6-7,14H2,(H,24,26)(H,25,27). The molecule has 0 aromatic heterocycles. The number of para-hydroxylation sites is 1. The molecule has 0 unspecified atom stereocenters. The Morgan fingerprint density at radius 1 is 0.966 bits per heavy atom. The molecule has 2 amide bonds. The molecule has 2 N–H and O–H groups in total. The van der Waals surface area contributed by atoms with Crippen LogP contribution in [0.4, 0.5) is 5.69 Å². The Balaban J connectivity index is 1.58. The molecule has 1 fully saturated rings. The van der Waals surface area contributed by atoms with Crippen LogP contribution in [-0.4, -0.2) is 30.4 Å². The van der Waals surface area contributed by atoms with Crippen molar-refractivity contribution in [3.05, 3.63) is 64.7 Å². The SMILES string of the molecule is O=C(COC(=O)c1ccccc1NC(=O)c1ccc(Cl)cc1)NC1CCCCC1. The molecule has 6 nitrogen and oxygen atoms in total. The Morgan fingerprint density at radius 2 is 1.66 bits per heavy atom. The van der Waals surface area contributed by atoms with Gasteiger partial charge in [-0.25, -0.2) is 4.79 Å². The predicted octanol–water partition coefficient (Wildman–Crippen LogP) is 4.20. The molecule has 0 radical (unpaired) electrons. The Bertz CT molecular complexity index is 877. The van der Waals surface area contributed by atoms with E-state index in [1.165, 1.54) is 6.42 Å². The lowest BCUT2D eigenvalue weighted by atomic mass is 9.95. The van der Waals surface area contributed by atoms with Crippen molar-refractivity contribution in [2.45, 2.75) is 38.1 Å². The molecule has 2 aromatic carbocycles. The number of esters is 1. The summed E-state index contributed by atoms with van der Waals surface area (Å²) in [6.45, 7) is -0.352. The van der Waals surface area contributed by atoms with Crippen molar-refractivity contribution in [3.63, 3.8) is 0 Å². The Labute approximate surface area is 174 Å². The fourth-order valence-corrected chi connectivity index (χ4v) is 3.42. The molecule has 7 heteroatoms. The topological polar surface area (TPSA) is 84.5 Å². The first-order chi connectivity index (χ1) is 14.0. The smallest absolute Gasteiger partial charge is 0.340 e. The number of hydrogen-bond acceptors (Lipinski definition) is 4. The molecule has 152 valence electrons. The molecule has 0 atom stereocenters. The normalized spacial score (nSPS) is 14.1. The van der Waals surface area contributed by atoms with E-state index >= 15 is 0 Å². The van der Waals surface area contributed by atoms with Crippen molar-refractivity contribution in [2.75, 3.05) is 11.9 Å². The van der Waals surface area contributed by atoms with Gasteiger partial charge in [-0.2, -0.15) is 0 Å². The number of benzene rings is 2. The second-order valence-corrected chi connectivity index (χ2v) is 7.42. The highest BCUT2D eigenvalue weighted by molar-refractivity contribution is 6.30. The zero-order valence-corrected chi connectivity index (χ0v) is 16.7. The van der Waals surface area contributed by atoms with Gasteiger partial charge in [0.25, 0.3) is 11.8 Å². The number of rotatable bonds is 6.